The van der Waals surface area contributed by atoms with Crippen molar-refractivity contribution in [1.82, 2.24) is 4.57 Å². The molecule has 3 aromatic carbocycles. The predicted octanol–water partition coefficient (Wildman–Crippen LogP) is 6.54. The van der Waals surface area contributed by atoms with Crippen LogP contribution in [0.5, 0.6) is 0 Å². The maximum absolute atomic E-state index is 14.8. The fraction of sp³-hybridized carbons (Fsp3) is 0.143. The highest BCUT2D eigenvalue weighted by Gasteiger charge is 2.29. The van der Waals surface area contributed by atoms with Gasteiger partial charge in [-0.25, -0.2) is 26.3 Å². The highest BCUT2D eigenvalue weighted by molar-refractivity contribution is 6.10. The molecule has 0 saturated heterocycles. The Morgan fingerprint density at radius 3 is 1.36 bits per heavy atom. The number of aromatic nitrogens is 1. The Morgan fingerprint density at radius 2 is 0.964 bits per heavy atom. The Bertz CT molecular complexity index is 1210. The van der Waals surface area contributed by atoms with E-state index in [1.165, 1.54) is 12.1 Å². The van der Waals surface area contributed by atoms with E-state index in [0.717, 1.165) is 19.1 Å². The molecule has 1 aromatic heterocycles. The maximum atomic E-state index is 14.8. The highest BCUT2D eigenvalue weighted by Crippen LogP contribution is 2.39. The summed E-state index contributed by atoms with van der Waals surface area (Å²) in [4.78, 5) is 0. The molecule has 0 bridgehead atoms. The second kappa shape index (κ2) is 6.02. The van der Waals surface area contributed by atoms with Crippen molar-refractivity contribution in [2.75, 3.05) is 0 Å². The molecular formula is C21H13F6N. The van der Waals surface area contributed by atoms with Gasteiger partial charge in [-0.2, -0.15) is 0 Å². The van der Waals surface area contributed by atoms with E-state index >= 15 is 0 Å². The van der Waals surface area contributed by atoms with Crippen LogP contribution in [0, 0.1) is 55.7 Å². The molecule has 0 N–H and O–H groups in total. The molecule has 0 aliphatic carbocycles. The third-order valence-electron chi connectivity index (χ3n) is 4.84. The first-order chi connectivity index (χ1) is 13.1. The molecule has 0 saturated carbocycles. The SMILES string of the molecule is Cc1cc(F)c2c(c1)c1cc(C)cc(F)c1n2-c1c(F)c(F)c(C)c(F)c1F. The zero-order valence-corrected chi connectivity index (χ0v) is 15.0. The van der Waals surface area contributed by atoms with Gasteiger partial charge in [0, 0.05) is 16.3 Å². The number of rotatable bonds is 1. The zero-order valence-electron chi connectivity index (χ0n) is 15.0. The molecule has 0 aliphatic rings. The monoisotopic (exact) mass is 393 g/mol. The van der Waals surface area contributed by atoms with Gasteiger partial charge in [0.2, 0.25) is 0 Å². The average Bonchev–Trinajstić information content (AvgIpc) is 2.93. The van der Waals surface area contributed by atoms with Crippen molar-refractivity contribution in [3.63, 3.8) is 0 Å². The lowest BCUT2D eigenvalue weighted by Crippen LogP contribution is -2.10. The minimum absolute atomic E-state index is 0.176. The molecule has 0 aliphatic heterocycles. The molecule has 28 heavy (non-hydrogen) atoms. The molecule has 0 unspecified atom stereocenters. The van der Waals surface area contributed by atoms with Crippen LogP contribution < -0.4 is 0 Å². The predicted molar refractivity (Wildman–Crippen MR) is 94.7 cm³/mol. The largest absolute Gasteiger partial charge is 0.298 e. The molecule has 0 radical (unpaired) electrons. The van der Waals surface area contributed by atoms with Crippen molar-refractivity contribution >= 4 is 21.8 Å². The van der Waals surface area contributed by atoms with Crippen molar-refractivity contribution in [2.45, 2.75) is 20.8 Å². The molecule has 1 heterocycles. The number of halogens is 6. The molecule has 1 nitrogen and oxygen atoms in total. The van der Waals surface area contributed by atoms with Crippen LogP contribution in [0.4, 0.5) is 26.3 Å². The highest BCUT2D eigenvalue weighted by atomic mass is 19.2. The summed E-state index contributed by atoms with van der Waals surface area (Å²) in [6.45, 7) is 4.08. The second-order valence-electron chi connectivity index (χ2n) is 6.85. The van der Waals surface area contributed by atoms with Crippen LogP contribution in [0.2, 0.25) is 0 Å². The maximum Gasteiger partial charge on any atom is 0.186 e. The van der Waals surface area contributed by atoms with Crippen LogP contribution in [0.15, 0.2) is 24.3 Å². The van der Waals surface area contributed by atoms with Crippen LogP contribution >= 0.6 is 0 Å². The van der Waals surface area contributed by atoms with Crippen molar-refractivity contribution in [2.24, 2.45) is 0 Å². The fourth-order valence-electron chi connectivity index (χ4n) is 3.60. The van der Waals surface area contributed by atoms with Gasteiger partial charge in [-0.15, -0.1) is 0 Å². The van der Waals surface area contributed by atoms with Crippen LogP contribution in [0.25, 0.3) is 27.5 Å². The van der Waals surface area contributed by atoms with E-state index in [2.05, 4.69) is 0 Å². The van der Waals surface area contributed by atoms with E-state index < -0.39 is 46.2 Å². The summed E-state index contributed by atoms with van der Waals surface area (Å²) in [5.74, 6) is -8.50. The van der Waals surface area contributed by atoms with Crippen LogP contribution in [-0.4, -0.2) is 4.57 Å². The van der Waals surface area contributed by atoms with Gasteiger partial charge in [0.1, 0.15) is 17.3 Å². The molecule has 0 fully saturated rings. The van der Waals surface area contributed by atoms with Crippen LogP contribution in [-0.2, 0) is 0 Å². The van der Waals surface area contributed by atoms with Crippen LogP contribution in [0.3, 0.4) is 0 Å². The summed E-state index contributed by atoms with van der Waals surface area (Å²) in [6.07, 6.45) is 0. The van der Waals surface area contributed by atoms with E-state index in [0.29, 0.717) is 15.7 Å². The smallest absolute Gasteiger partial charge is 0.186 e. The fourth-order valence-corrected chi connectivity index (χ4v) is 3.60. The number of hydrogen-bond acceptors (Lipinski definition) is 0. The van der Waals surface area contributed by atoms with Gasteiger partial charge in [0.15, 0.2) is 23.3 Å². The Kier molecular flexibility index (Phi) is 3.96. The van der Waals surface area contributed by atoms with Gasteiger partial charge >= 0.3 is 0 Å². The van der Waals surface area contributed by atoms with Crippen molar-refractivity contribution in [3.05, 3.63) is 75.9 Å². The number of nitrogens with zero attached hydrogens (tertiary/aromatic N) is 1. The second-order valence-corrected chi connectivity index (χ2v) is 6.85. The molecule has 0 atom stereocenters. The molecular weight excluding hydrogens is 380 g/mol. The number of benzene rings is 3. The van der Waals surface area contributed by atoms with Gasteiger partial charge in [0.25, 0.3) is 0 Å². The third kappa shape index (κ3) is 2.35. The van der Waals surface area contributed by atoms with Crippen molar-refractivity contribution in [1.29, 1.82) is 0 Å². The van der Waals surface area contributed by atoms with E-state index in [1.807, 2.05) is 0 Å². The average molecular weight is 393 g/mol. The first-order valence-corrected chi connectivity index (χ1v) is 8.36. The molecule has 0 amide bonds. The van der Waals surface area contributed by atoms with E-state index in [1.54, 1.807) is 13.8 Å². The number of aryl methyl sites for hydroxylation is 2. The van der Waals surface area contributed by atoms with Crippen LogP contribution in [0.1, 0.15) is 16.7 Å². The van der Waals surface area contributed by atoms with E-state index in [4.69, 9.17) is 0 Å². The summed E-state index contributed by atoms with van der Waals surface area (Å²) in [7, 11) is 0. The summed E-state index contributed by atoms with van der Waals surface area (Å²) in [5.41, 5.74) is -1.81. The number of fused-ring (bicyclic) bond motifs is 3. The number of hydrogen-bond donors (Lipinski definition) is 0. The molecule has 0 spiro atoms. The summed E-state index contributed by atoms with van der Waals surface area (Å²) < 4.78 is 88.0. The standard InChI is InChI=1S/C21H13F6N/c1-8-4-11-12-5-9(2)7-14(23)20(12)28(19(11)13(22)6-8)21-17(26)15(24)10(3)16(25)18(21)27/h4-7H,1-3H3. The summed E-state index contributed by atoms with van der Waals surface area (Å²) in [6, 6.07) is 5.23. The summed E-state index contributed by atoms with van der Waals surface area (Å²) >= 11 is 0. The minimum atomic E-state index is -1.73. The normalized spacial score (nSPS) is 11.8. The van der Waals surface area contributed by atoms with Gasteiger partial charge in [-0.3, -0.25) is 4.57 Å². The van der Waals surface area contributed by atoms with Gasteiger partial charge in [-0.05, 0) is 56.2 Å². The Morgan fingerprint density at radius 1 is 0.571 bits per heavy atom. The van der Waals surface area contributed by atoms with E-state index in [9.17, 15) is 26.3 Å². The van der Waals surface area contributed by atoms with E-state index in [-0.39, 0.29) is 21.8 Å². The minimum Gasteiger partial charge on any atom is -0.298 e. The zero-order chi connectivity index (χ0) is 20.5. The Balaban J connectivity index is 2.36. The Labute approximate surface area is 155 Å². The third-order valence-corrected chi connectivity index (χ3v) is 4.84. The van der Waals surface area contributed by atoms with Crippen molar-refractivity contribution in [3.8, 4) is 5.69 Å². The lowest BCUT2D eigenvalue weighted by atomic mass is 10.1. The first-order valence-electron chi connectivity index (χ1n) is 8.36. The molecule has 144 valence electrons. The topological polar surface area (TPSA) is 4.93 Å². The van der Waals surface area contributed by atoms with Gasteiger partial charge in [-0.1, -0.05) is 0 Å². The Hall–Kier alpha value is -2.96. The lowest BCUT2D eigenvalue weighted by molar-refractivity contribution is 0.440. The molecule has 4 rings (SSSR count). The molecule has 7 heteroatoms. The van der Waals surface area contributed by atoms with Gasteiger partial charge < -0.3 is 0 Å². The van der Waals surface area contributed by atoms with Crippen molar-refractivity contribution < 1.29 is 26.3 Å². The van der Waals surface area contributed by atoms with Gasteiger partial charge in [0.05, 0.1) is 11.0 Å². The first kappa shape index (κ1) is 18.4. The molecule has 4 aromatic rings. The lowest BCUT2D eigenvalue weighted by Gasteiger charge is -2.14. The summed E-state index contributed by atoms with van der Waals surface area (Å²) in [5, 5.41) is 0.352. The quantitative estimate of drug-likeness (QED) is 0.256.